The van der Waals surface area contributed by atoms with Crippen molar-refractivity contribution in [1.82, 2.24) is 15.5 Å². The lowest BCUT2D eigenvalue weighted by molar-refractivity contribution is -0.272. The maximum Gasteiger partial charge on any atom is 0.234 e. The highest BCUT2D eigenvalue weighted by Crippen LogP contribution is 2.22. The molecule has 0 aromatic rings. The van der Waals surface area contributed by atoms with E-state index in [1.54, 1.807) is 0 Å². The molecular weight excluding hydrogens is 374 g/mol. The molecule has 1 aliphatic rings. The second-order valence-electron chi connectivity index (χ2n) is 6.60. The molecule has 5 N–H and O–H groups in total. The van der Waals surface area contributed by atoms with Gasteiger partial charge in [-0.05, 0) is 13.6 Å². The highest BCUT2D eigenvalue weighted by atomic mass is 16.7. The summed E-state index contributed by atoms with van der Waals surface area (Å²) >= 11 is 0. The maximum absolute atomic E-state index is 11.6. The Morgan fingerprint density at radius 3 is 2.50 bits per heavy atom. The van der Waals surface area contributed by atoms with Gasteiger partial charge in [-0.1, -0.05) is 6.92 Å². The first-order chi connectivity index (χ1) is 13.3. The van der Waals surface area contributed by atoms with Crippen molar-refractivity contribution in [3.63, 3.8) is 0 Å². The molecule has 0 radical (unpaired) electrons. The Kier molecular flexibility index (Phi) is 11.5. The number of amides is 2. The molecule has 0 saturated carbocycles. The van der Waals surface area contributed by atoms with Crippen LogP contribution >= 0.6 is 0 Å². The minimum absolute atomic E-state index is 0.0828. The molecule has 2 amide bonds. The average Bonchev–Trinajstić information content (AvgIpc) is 2.65. The van der Waals surface area contributed by atoms with Crippen LogP contribution in [0.2, 0.25) is 0 Å². The largest absolute Gasteiger partial charge is 0.394 e. The van der Waals surface area contributed by atoms with Crippen LogP contribution in [0.4, 0.5) is 0 Å². The summed E-state index contributed by atoms with van der Waals surface area (Å²) in [4.78, 5) is 24.8. The number of hydrogen-bond donors (Lipinski definition) is 5. The molecule has 164 valence electrons. The zero-order chi connectivity index (χ0) is 21.1. The van der Waals surface area contributed by atoms with Gasteiger partial charge in [0.25, 0.3) is 0 Å². The van der Waals surface area contributed by atoms with Crippen molar-refractivity contribution in [2.75, 3.05) is 53.1 Å². The van der Waals surface area contributed by atoms with Crippen molar-refractivity contribution < 1.29 is 39.1 Å². The van der Waals surface area contributed by atoms with E-state index in [2.05, 4.69) is 10.6 Å². The van der Waals surface area contributed by atoms with Crippen LogP contribution < -0.4 is 10.6 Å². The summed E-state index contributed by atoms with van der Waals surface area (Å²) in [7, 11) is 1.85. The topological polar surface area (TPSA) is 150 Å². The zero-order valence-corrected chi connectivity index (χ0v) is 16.7. The molecule has 1 aliphatic heterocycles. The van der Waals surface area contributed by atoms with Crippen molar-refractivity contribution in [2.24, 2.45) is 0 Å². The number of ether oxygens (including phenoxy) is 3. The quantitative estimate of drug-likeness (QED) is 0.214. The number of nitrogens with one attached hydrogen (secondary N) is 2. The smallest absolute Gasteiger partial charge is 0.234 e. The van der Waals surface area contributed by atoms with E-state index in [1.165, 1.54) is 6.92 Å². The number of aliphatic hydroxyl groups excluding tert-OH is 3. The molecule has 1 fully saturated rings. The van der Waals surface area contributed by atoms with E-state index in [1.807, 2.05) is 18.9 Å². The number of carbonyl (C=O) groups excluding carboxylic acids is 2. The first-order valence-electron chi connectivity index (χ1n) is 9.34. The van der Waals surface area contributed by atoms with E-state index in [9.17, 15) is 24.9 Å². The Balaban J connectivity index is 2.31. The summed E-state index contributed by atoms with van der Waals surface area (Å²) in [5.41, 5.74) is 0. The number of hydrogen-bond acceptors (Lipinski definition) is 9. The van der Waals surface area contributed by atoms with Gasteiger partial charge < -0.3 is 40.2 Å². The number of carbonyl (C=O) groups is 2. The standard InChI is InChI=1S/C17H33N3O8/c1-4-20(3)9-13(23)18-5-6-26-7-8-27-17-14(19-11(2)22)16(25)15(24)12(10-21)28-17/h12,14-17,21,24-25H,4-10H2,1-3H3,(H,18,23)(H,19,22). The van der Waals surface area contributed by atoms with Crippen LogP contribution in [0.5, 0.6) is 0 Å². The zero-order valence-electron chi connectivity index (χ0n) is 16.7. The predicted octanol–water partition coefficient (Wildman–Crippen LogP) is -2.97. The predicted molar refractivity (Wildman–Crippen MR) is 98.3 cm³/mol. The molecule has 1 heterocycles. The minimum Gasteiger partial charge on any atom is -0.394 e. The fourth-order valence-electron chi connectivity index (χ4n) is 2.61. The lowest BCUT2D eigenvalue weighted by Gasteiger charge is -2.42. The molecule has 0 bridgehead atoms. The van der Waals surface area contributed by atoms with Crippen LogP contribution in [0.1, 0.15) is 13.8 Å². The Labute approximate surface area is 164 Å². The van der Waals surface area contributed by atoms with Crippen LogP contribution in [0.3, 0.4) is 0 Å². The van der Waals surface area contributed by atoms with Gasteiger partial charge in [-0.15, -0.1) is 0 Å². The Hall–Kier alpha value is -1.34. The number of aliphatic hydroxyl groups is 3. The molecule has 1 rings (SSSR count). The van der Waals surface area contributed by atoms with E-state index in [4.69, 9.17) is 14.2 Å². The SMILES string of the molecule is CCN(C)CC(=O)NCCOCCOC1OC(CO)C(O)C(O)C1NC(C)=O. The van der Waals surface area contributed by atoms with Gasteiger partial charge in [0.05, 0.1) is 33.0 Å². The second kappa shape index (κ2) is 13.0. The lowest BCUT2D eigenvalue weighted by atomic mass is 9.97. The van der Waals surface area contributed by atoms with E-state index in [0.29, 0.717) is 19.7 Å². The summed E-state index contributed by atoms with van der Waals surface area (Å²) in [5.74, 6) is -0.503. The van der Waals surface area contributed by atoms with E-state index in [0.717, 1.165) is 6.54 Å². The monoisotopic (exact) mass is 407 g/mol. The van der Waals surface area contributed by atoms with Crippen molar-refractivity contribution >= 4 is 11.8 Å². The summed E-state index contributed by atoms with van der Waals surface area (Å²) in [5, 5.41) is 34.5. The van der Waals surface area contributed by atoms with Gasteiger partial charge in [-0.25, -0.2) is 0 Å². The normalized spacial score (nSPS) is 27.6. The van der Waals surface area contributed by atoms with Crippen LogP contribution in [0, 0.1) is 0 Å². The number of likely N-dealkylation sites (N-methyl/N-ethyl adjacent to an activating group) is 1. The molecule has 11 nitrogen and oxygen atoms in total. The highest BCUT2D eigenvalue weighted by Gasteiger charge is 2.45. The molecule has 5 unspecified atom stereocenters. The fourth-order valence-corrected chi connectivity index (χ4v) is 2.61. The van der Waals surface area contributed by atoms with Gasteiger partial charge >= 0.3 is 0 Å². The third-order valence-electron chi connectivity index (χ3n) is 4.28. The van der Waals surface area contributed by atoms with E-state index < -0.39 is 43.2 Å². The molecule has 0 aromatic heterocycles. The Bertz CT molecular complexity index is 481. The molecule has 1 saturated heterocycles. The fraction of sp³-hybridized carbons (Fsp3) is 0.882. The van der Waals surface area contributed by atoms with Gasteiger partial charge in [0.2, 0.25) is 11.8 Å². The Morgan fingerprint density at radius 2 is 1.89 bits per heavy atom. The maximum atomic E-state index is 11.6. The van der Waals surface area contributed by atoms with E-state index >= 15 is 0 Å². The van der Waals surface area contributed by atoms with Crippen molar-refractivity contribution in [3.8, 4) is 0 Å². The highest BCUT2D eigenvalue weighted by molar-refractivity contribution is 5.77. The molecule has 5 atom stereocenters. The summed E-state index contributed by atoms with van der Waals surface area (Å²) in [6.07, 6.45) is -4.78. The first kappa shape index (κ1) is 24.7. The third kappa shape index (κ3) is 8.35. The first-order valence-corrected chi connectivity index (χ1v) is 9.34. The van der Waals surface area contributed by atoms with Crippen LogP contribution in [-0.2, 0) is 23.8 Å². The molecule has 11 heteroatoms. The van der Waals surface area contributed by atoms with Crippen LogP contribution in [0.25, 0.3) is 0 Å². The van der Waals surface area contributed by atoms with Crippen LogP contribution in [0.15, 0.2) is 0 Å². The summed E-state index contributed by atoms with van der Waals surface area (Å²) in [6, 6.07) is -0.981. The second-order valence-corrected chi connectivity index (χ2v) is 6.60. The summed E-state index contributed by atoms with van der Waals surface area (Å²) < 4.78 is 16.3. The summed E-state index contributed by atoms with van der Waals surface area (Å²) in [6.45, 7) is 4.78. The van der Waals surface area contributed by atoms with Gasteiger partial charge in [0, 0.05) is 13.5 Å². The molecule has 0 spiro atoms. The number of nitrogens with zero attached hydrogens (tertiary/aromatic N) is 1. The number of rotatable bonds is 12. The average molecular weight is 407 g/mol. The van der Waals surface area contributed by atoms with Crippen molar-refractivity contribution in [2.45, 2.75) is 44.5 Å². The molecule has 0 aromatic carbocycles. The van der Waals surface area contributed by atoms with Gasteiger partial charge in [-0.3, -0.25) is 14.5 Å². The lowest BCUT2D eigenvalue weighted by Crippen LogP contribution is -2.64. The van der Waals surface area contributed by atoms with Crippen molar-refractivity contribution in [1.29, 1.82) is 0 Å². The molecule has 28 heavy (non-hydrogen) atoms. The Morgan fingerprint density at radius 1 is 1.18 bits per heavy atom. The third-order valence-corrected chi connectivity index (χ3v) is 4.28. The van der Waals surface area contributed by atoms with Crippen molar-refractivity contribution in [3.05, 3.63) is 0 Å². The van der Waals surface area contributed by atoms with Gasteiger partial charge in [-0.2, -0.15) is 0 Å². The van der Waals surface area contributed by atoms with Crippen LogP contribution in [-0.4, -0.2) is 116 Å². The molecular formula is C17H33N3O8. The minimum atomic E-state index is -1.35. The van der Waals surface area contributed by atoms with E-state index in [-0.39, 0.29) is 19.1 Å². The van der Waals surface area contributed by atoms with Gasteiger partial charge in [0.1, 0.15) is 24.4 Å². The molecule has 0 aliphatic carbocycles. The van der Waals surface area contributed by atoms with Gasteiger partial charge in [0.15, 0.2) is 6.29 Å².